The second-order valence-corrected chi connectivity index (χ2v) is 5.85. The van der Waals surface area contributed by atoms with E-state index in [1.54, 1.807) is 6.07 Å². The van der Waals surface area contributed by atoms with Crippen LogP contribution in [0.1, 0.15) is 36.5 Å². The van der Waals surface area contributed by atoms with Gasteiger partial charge in [0, 0.05) is 13.1 Å². The van der Waals surface area contributed by atoms with Crippen molar-refractivity contribution in [3.63, 3.8) is 0 Å². The molecule has 1 atom stereocenters. The fourth-order valence-electron chi connectivity index (χ4n) is 2.74. The van der Waals surface area contributed by atoms with Gasteiger partial charge in [-0.05, 0) is 50.4 Å². The molecule has 1 unspecified atom stereocenters. The van der Waals surface area contributed by atoms with Crippen molar-refractivity contribution in [2.45, 2.75) is 26.2 Å². The van der Waals surface area contributed by atoms with Gasteiger partial charge in [-0.25, -0.2) is 0 Å². The molecule has 20 heavy (non-hydrogen) atoms. The highest BCUT2D eigenvalue weighted by Crippen LogP contribution is 2.19. The van der Waals surface area contributed by atoms with E-state index < -0.39 is 0 Å². The lowest BCUT2D eigenvalue weighted by atomic mass is 9.98. The molecule has 0 aliphatic carbocycles. The van der Waals surface area contributed by atoms with Crippen molar-refractivity contribution >= 4 is 17.5 Å². The molecule has 0 aromatic heterocycles. The van der Waals surface area contributed by atoms with Gasteiger partial charge in [0.1, 0.15) is 0 Å². The Morgan fingerprint density at radius 1 is 1.45 bits per heavy atom. The first-order chi connectivity index (χ1) is 9.72. The number of carbonyl (C=O) groups excluding carboxylic acids is 1. The summed E-state index contributed by atoms with van der Waals surface area (Å²) >= 11 is 6.15. The number of rotatable bonds is 5. The molecule has 0 radical (unpaired) electrons. The zero-order valence-electron chi connectivity index (χ0n) is 12.1. The summed E-state index contributed by atoms with van der Waals surface area (Å²) in [7, 11) is 0. The maximum absolute atomic E-state index is 12.7. The van der Waals surface area contributed by atoms with Crippen molar-refractivity contribution < 1.29 is 4.79 Å². The van der Waals surface area contributed by atoms with Crippen molar-refractivity contribution in [1.29, 1.82) is 0 Å². The highest BCUT2D eigenvalue weighted by atomic mass is 35.5. The summed E-state index contributed by atoms with van der Waals surface area (Å²) in [6.45, 7) is 5.83. The molecule has 0 saturated carbocycles. The van der Waals surface area contributed by atoms with Gasteiger partial charge < -0.3 is 10.2 Å². The van der Waals surface area contributed by atoms with E-state index in [4.69, 9.17) is 11.6 Å². The number of piperidine rings is 1. The molecule has 1 saturated heterocycles. The van der Waals surface area contributed by atoms with Gasteiger partial charge in [-0.2, -0.15) is 0 Å². The zero-order chi connectivity index (χ0) is 14.4. The van der Waals surface area contributed by atoms with Gasteiger partial charge in [-0.15, -0.1) is 0 Å². The van der Waals surface area contributed by atoms with E-state index in [0.29, 0.717) is 16.5 Å². The maximum atomic E-state index is 12.7. The van der Waals surface area contributed by atoms with Crippen molar-refractivity contribution in [2.24, 2.45) is 5.92 Å². The van der Waals surface area contributed by atoms with Crippen LogP contribution in [-0.4, -0.2) is 37.0 Å². The Morgan fingerprint density at radius 2 is 2.25 bits per heavy atom. The van der Waals surface area contributed by atoms with Crippen LogP contribution < -0.4 is 5.32 Å². The van der Waals surface area contributed by atoms with Gasteiger partial charge in [0.25, 0.3) is 5.91 Å². The second kappa shape index (κ2) is 7.65. The van der Waals surface area contributed by atoms with Crippen molar-refractivity contribution in [1.82, 2.24) is 10.2 Å². The minimum absolute atomic E-state index is 0.0584. The number of hydrogen-bond donors (Lipinski definition) is 1. The van der Waals surface area contributed by atoms with Crippen LogP contribution in [-0.2, 0) is 0 Å². The van der Waals surface area contributed by atoms with Gasteiger partial charge in [0.15, 0.2) is 0 Å². The predicted octanol–water partition coefficient (Wildman–Crippen LogP) is 3.19. The summed E-state index contributed by atoms with van der Waals surface area (Å²) in [6.07, 6.45) is 3.37. The molecule has 2 rings (SSSR count). The van der Waals surface area contributed by atoms with Crippen LogP contribution >= 0.6 is 11.6 Å². The van der Waals surface area contributed by atoms with Gasteiger partial charge in [0.05, 0.1) is 10.6 Å². The second-order valence-electron chi connectivity index (χ2n) is 5.44. The van der Waals surface area contributed by atoms with Crippen LogP contribution in [0.15, 0.2) is 24.3 Å². The molecule has 3 nitrogen and oxygen atoms in total. The number of nitrogens with zero attached hydrogens (tertiary/aromatic N) is 1. The number of halogens is 1. The predicted molar refractivity (Wildman–Crippen MR) is 83.2 cm³/mol. The van der Waals surface area contributed by atoms with Crippen LogP contribution in [0.25, 0.3) is 0 Å². The normalized spacial score (nSPS) is 18.8. The number of hydrogen-bond acceptors (Lipinski definition) is 2. The third-order valence-electron chi connectivity index (χ3n) is 3.76. The van der Waals surface area contributed by atoms with E-state index in [2.05, 4.69) is 12.2 Å². The topological polar surface area (TPSA) is 32.3 Å². The van der Waals surface area contributed by atoms with E-state index in [1.807, 2.05) is 23.1 Å². The highest BCUT2D eigenvalue weighted by molar-refractivity contribution is 6.33. The third-order valence-corrected chi connectivity index (χ3v) is 4.09. The van der Waals surface area contributed by atoms with Crippen LogP contribution in [0, 0.1) is 5.92 Å². The quantitative estimate of drug-likeness (QED) is 0.904. The molecule has 1 aliphatic heterocycles. The fourth-order valence-corrected chi connectivity index (χ4v) is 2.96. The molecule has 1 fully saturated rings. The number of amides is 1. The monoisotopic (exact) mass is 294 g/mol. The van der Waals surface area contributed by atoms with Gasteiger partial charge in [-0.1, -0.05) is 30.7 Å². The Kier molecular flexibility index (Phi) is 5.86. The van der Waals surface area contributed by atoms with E-state index >= 15 is 0 Å². The largest absolute Gasteiger partial charge is 0.338 e. The Hall–Kier alpha value is -1.06. The molecular weight excluding hydrogens is 272 g/mol. The first-order valence-electron chi connectivity index (χ1n) is 7.47. The van der Waals surface area contributed by atoms with Crippen LogP contribution in [0.3, 0.4) is 0 Å². The highest BCUT2D eigenvalue weighted by Gasteiger charge is 2.22. The van der Waals surface area contributed by atoms with Crippen molar-refractivity contribution in [3.05, 3.63) is 34.9 Å². The lowest BCUT2D eigenvalue weighted by Gasteiger charge is -2.30. The molecule has 1 aliphatic rings. The standard InChI is InChI=1S/C16H23ClN2O/c1-2-10-19(12-13-6-5-9-18-11-13)16(20)14-7-3-4-8-15(14)17/h3-4,7-8,13,18H,2,5-6,9-12H2,1H3. The zero-order valence-corrected chi connectivity index (χ0v) is 12.8. The van der Waals surface area contributed by atoms with Crippen molar-refractivity contribution in [3.8, 4) is 0 Å². The lowest BCUT2D eigenvalue weighted by Crippen LogP contribution is -2.41. The average molecular weight is 295 g/mol. The number of carbonyl (C=O) groups is 1. The molecule has 1 amide bonds. The van der Waals surface area contributed by atoms with Crippen molar-refractivity contribution in [2.75, 3.05) is 26.2 Å². The van der Waals surface area contributed by atoms with E-state index in [0.717, 1.165) is 32.6 Å². The Balaban J connectivity index is 2.07. The molecule has 4 heteroatoms. The molecule has 1 aromatic carbocycles. The third kappa shape index (κ3) is 3.97. The molecule has 1 heterocycles. The van der Waals surface area contributed by atoms with E-state index in [1.165, 1.54) is 12.8 Å². The Morgan fingerprint density at radius 3 is 2.90 bits per heavy atom. The smallest absolute Gasteiger partial charge is 0.255 e. The Labute approximate surface area is 126 Å². The fraction of sp³-hybridized carbons (Fsp3) is 0.562. The summed E-state index contributed by atoms with van der Waals surface area (Å²) in [4.78, 5) is 14.6. The number of nitrogens with one attached hydrogen (secondary N) is 1. The molecule has 0 spiro atoms. The number of benzene rings is 1. The minimum Gasteiger partial charge on any atom is -0.338 e. The molecule has 1 aromatic rings. The van der Waals surface area contributed by atoms with Crippen LogP contribution in [0.4, 0.5) is 0 Å². The minimum atomic E-state index is 0.0584. The first-order valence-corrected chi connectivity index (χ1v) is 7.84. The van der Waals surface area contributed by atoms with Crippen LogP contribution in [0.2, 0.25) is 5.02 Å². The molecule has 0 bridgehead atoms. The molecule has 110 valence electrons. The summed E-state index contributed by atoms with van der Waals surface area (Å²) in [5.41, 5.74) is 0.617. The summed E-state index contributed by atoms with van der Waals surface area (Å²) in [5.74, 6) is 0.616. The first kappa shape index (κ1) is 15.3. The summed E-state index contributed by atoms with van der Waals surface area (Å²) in [6, 6.07) is 7.31. The Bertz CT molecular complexity index is 444. The van der Waals surface area contributed by atoms with E-state index in [-0.39, 0.29) is 5.91 Å². The lowest BCUT2D eigenvalue weighted by molar-refractivity contribution is 0.0719. The molecular formula is C16H23ClN2O. The van der Waals surface area contributed by atoms with Gasteiger partial charge >= 0.3 is 0 Å². The SMILES string of the molecule is CCCN(CC1CCCNC1)C(=O)c1ccccc1Cl. The van der Waals surface area contributed by atoms with Gasteiger partial charge in [-0.3, -0.25) is 4.79 Å². The van der Waals surface area contributed by atoms with Crippen LogP contribution in [0.5, 0.6) is 0 Å². The molecule has 1 N–H and O–H groups in total. The van der Waals surface area contributed by atoms with E-state index in [9.17, 15) is 4.79 Å². The maximum Gasteiger partial charge on any atom is 0.255 e. The summed E-state index contributed by atoms with van der Waals surface area (Å²) < 4.78 is 0. The summed E-state index contributed by atoms with van der Waals surface area (Å²) in [5, 5.41) is 3.95. The van der Waals surface area contributed by atoms with Gasteiger partial charge in [0.2, 0.25) is 0 Å². The average Bonchev–Trinajstić information content (AvgIpc) is 2.48.